The Kier molecular flexibility index (Phi) is 15.3. The summed E-state index contributed by atoms with van der Waals surface area (Å²) in [5, 5.41) is 25.2. The summed E-state index contributed by atoms with van der Waals surface area (Å²) in [4.78, 5) is 14.2. The molecule has 0 spiro atoms. The third-order valence-corrected chi connectivity index (χ3v) is 1.73. The Hall–Kier alpha value is -1.56. The molecule has 19 heavy (non-hydrogen) atoms. The van der Waals surface area contributed by atoms with Crippen LogP contribution in [0.4, 0.5) is 0 Å². The molecule has 0 aromatic heterocycles. The molecule has 7 N–H and O–H groups in total. The Bertz CT molecular complexity index is 449. The Morgan fingerprint density at radius 2 is 2.00 bits per heavy atom. The molecule has 0 saturated carbocycles. The summed E-state index contributed by atoms with van der Waals surface area (Å²) < 4.78 is 0. The van der Waals surface area contributed by atoms with Crippen LogP contribution in [0.1, 0.15) is 12.5 Å². The molecule has 0 aliphatic rings. The number of quaternary nitrogens is 1. The fourth-order valence-electron chi connectivity index (χ4n) is 0.853. The van der Waals surface area contributed by atoms with Gasteiger partial charge in [0, 0.05) is 11.8 Å². The molecule has 107 valence electrons. The van der Waals surface area contributed by atoms with E-state index >= 15 is 0 Å². The molecule has 0 bridgehead atoms. The van der Waals surface area contributed by atoms with Gasteiger partial charge >= 0.3 is 23.0 Å². The van der Waals surface area contributed by atoms with Crippen molar-refractivity contribution in [2.75, 3.05) is 0 Å². The Labute approximate surface area is 127 Å². The molecule has 0 unspecified atom stereocenters. The van der Waals surface area contributed by atoms with Gasteiger partial charge in [0.05, 0.1) is 5.16 Å². The second-order valence-corrected chi connectivity index (χ2v) is 3.16. The summed E-state index contributed by atoms with van der Waals surface area (Å²) in [6.45, 7) is 1.47. The van der Waals surface area contributed by atoms with Crippen molar-refractivity contribution in [1.29, 1.82) is 5.41 Å². The number of hydrogen-bond acceptors (Lipinski definition) is 5. The van der Waals surface area contributed by atoms with Crippen molar-refractivity contribution in [3.05, 3.63) is 29.8 Å². The van der Waals surface area contributed by atoms with Crippen LogP contribution in [0.25, 0.3) is 0 Å². The van der Waals surface area contributed by atoms with E-state index in [1.165, 1.54) is 19.2 Å². The largest absolute Gasteiger partial charge is 2.00 e. The first-order valence-corrected chi connectivity index (χ1v) is 5.01. The van der Waals surface area contributed by atoms with E-state index < -0.39 is 12.0 Å². The number of aromatic hydroxyl groups is 1. The molecule has 1 aromatic rings. The molecular formula is C11H16CuN3O3S+3. The molecule has 1 rings (SSSR count). The number of nitrogens with zero attached hydrogens (tertiary/aromatic N) is 1. The molecule has 0 saturated heterocycles. The molecule has 0 aliphatic carbocycles. The molecule has 1 aromatic carbocycles. The van der Waals surface area contributed by atoms with E-state index in [9.17, 15) is 9.90 Å². The molecule has 1 atom stereocenters. The van der Waals surface area contributed by atoms with Crippen LogP contribution >= 0.6 is 12.2 Å². The number of hydrogen-bond donors (Lipinski definition) is 4. The van der Waals surface area contributed by atoms with Gasteiger partial charge in [0.1, 0.15) is 11.8 Å². The number of phenols is 1. The number of rotatable bonds is 3. The number of carbonyl (C=O) groups is 1. The number of aliphatic carboxylic acids is 1. The minimum Gasteiger partial charge on any atom is -0.507 e. The predicted octanol–water partition coefficient (Wildman–Crippen LogP) is 2.33. The summed E-state index contributed by atoms with van der Waals surface area (Å²) in [6.07, 6.45) is 1.36. The van der Waals surface area contributed by atoms with Crippen molar-refractivity contribution in [2.24, 2.45) is 4.99 Å². The van der Waals surface area contributed by atoms with Gasteiger partial charge in [-0.15, -0.1) is 0 Å². The molecule has 0 amide bonds. The number of carboxylic acids is 1. The number of benzene rings is 1. The fraction of sp³-hybridized carbons (Fsp3) is 0.182. The Morgan fingerprint density at radius 3 is 2.42 bits per heavy atom. The third-order valence-electron chi connectivity index (χ3n) is 1.73. The zero-order valence-electron chi connectivity index (χ0n) is 10.4. The van der Waals surface area contributed by atoms with E-state index in [1.54, 1.807) is 23.4 Å². The minimum atomic E-state index is -0.989. The normalized spacial score (nSPS) is 9.95. The number of phenolic OH excluding ortho intramolecular Hbond substituents is 1. The van der Waals surface area contributed by atoms with E-state index in [4.69, 9.17) is 10.5 Å². The zero-order valence-corrected chi connectivity index (χ0v) is 12.2. The molecule has 0 aliphatic heterocycles. The van der Waals surface area contributed by atoms with Gasteiger partial charge in [-0.1, -0.05) is 12.1 Å². The van der Waals surface area contributed by atoms with Gasteiger partial charge in [-0.2, -0.15) is 0 Å². The summed E-state index contributed by atoms with van der Waals surface area (Å²) in [7, 11) is 0. The standard InChI is InChI=1S/C10H11NO3.CHNS.Cu.H3N/c1-7(10(13)14)11-6-8-4-2-3-5-9(8)12;2-1-3;;/h2-7,12H,1H3,(H,13,14);2H;;1H3/q;;+2;/p+1/t7-;;;/m0.../s1. The molecular weight excluding hydrogens is 318 g/mol. The molecule has 6 nitrogen and oxygen atoms in total. The van der Waals surface area contributed by atoms with Gasteiger partial charge in [-0.3, -0.25) is 4.99 Å². The van der Waals surface area contributed by atoms with Gasteiger partial charge in [0.15, 0.2) is 0 Å². The first kappa shape index (κ1) is 22.6. The molecule has 1 radical (unpaired) electrons. The monoisotopic (exact) mass is 333 g/mol. The van der Waals surface area contributed by atoms with E-state index in [1.807, 2.05) is 0 Å². The van der Waals surface area contributed by atoms with Gasteiger partial charge in [-0.25, -0.2) is 10.2 Å². The van der Waals surface area contributed by atoms with E-state index in [-0.39, 0.29) is 29.0 Å². The van der Waals surface area contributed by atoms with Gasteiger partial charge in [0.25, 0.3) is 0 Å². The molecule has 8 heteroatoms. The van der Waals surface area contributed by atoms with Crippen molar-refractivity contribution in [2.45, 2.75) is 13.0 Å². The molecule has 0 heterocycles. The van der Waals surface area contributed by atoms with Crippen LogP contribution in [0.2, 0.25) is 0 Å². The molecule has 0 fully saturated rings. The maximum absolute atomic E-state index is 10.4. The Morgan fingerprint density at radius 1 is 1.53 bits per heavy atom. The van der Waals surface area contributed by atoms with E-state index in [2.05, 4.69) is 17.2 Å². The van der Waals surface area contributed by atoms with E-state index in [0.29, 0.717) is 5.56 Å². The quantitative estimate of drug-likeness (QED) is 0.384. The number of carboxylic acid groups (broad SMARTS) is 1. The van der Waals surface area contributed by atoms with Crippen molar-refractivity contribution in [3.8, 4) is 5.75 Å². The summed E-state index contributed by atoms with van der Waals surface area (Å²) in [5.74, 6) is -0.898. The van der Waals surface area contributed by atoms with Gasteiger partial charge in [0.2, 0.25) is 0 Å². The van der Waals surface area contributed by atoms with Crippen LogP contribution in [0, 0.1) is 5.41 Å². The number of aliphatic imine (C=N–C) groups is 1. The minimum absolute atomic E-state index is 0. The third kappa shape index (κ3) is 10.1. The van der Waals surface area contributed by atoms with Gasteiger partial charge in [-0.05, 0) is 31.3 Å². The second kappa shape index (κ2) is 12.9. The van der Waals surface area contributed by atoms with Crippen LogP contribution < -0.4 is 6.15 Å². The summed E-state index contributed by atoms with van der Waals surface area (Å²) >= 11 is 3.81. The first-order valence-electron chi connectivity index (χ1n) is 4.60. The fourth-order valence-corrected chi connectivity index (χ4v) is 0.853. The van der Waals surface area contributed by atoms with Gasteiger partial charge < -0.3 is 16.4 Å². The van der Waals surface area contributed by atoms with Crippen LogP contribution in [0.3, 0.4) is 0 Å². The predicted molar refractivity (Wildman–Crippen MR) is 74.1 cm³/mol. The van der Waals surface area contributed by atoms with Crippen LogP contribution in [0.5, 0.6) is 5.75 Å². The van der Waals surface area contributed by atoms with Crippen molar-refractivity contribution in [3.63, 3.8) is 0 Å². The number of para-hydroxylation sites is 1. The average Bonchev–Trinajstić information content (AvgIpc) is 2.28. The SMILES string of the molecule is C[C@H](N=Cc1ccccc1O)C(=O)O.N=C=S.[Cu+2].[NH4+]. The average molecular weight is 334 g/mol. The maximum atomic E-state index is 10.4. The zero-order chi connectivity index (χ0) is 13.3. The smallest absolute Gasteiger partial charge is 0.507 e. The van der Waals surface area contributed by atoms with Crippen LogP contribution in [-0.2, 0) is 21.9 Å². The Balaban J connectivity index is -0.000000468. The van der Waals surface area contributed by atoms with E-state index in [0.717, 1.165) is 0 Å². The number of nitrogens with one attached hydrogen (secondary N) is 1. The number of isothiocyanates is 1. The maximum Gasteiger partial charge on any atom is 2.00 e. The second-order valence-electron chi connectivity index (χ2n) is 2.95. The van der Waals surface area contributed by atoms with Crippen molar-refractivity contribution in [1.82, 2.24) is 6.15 Å². The van der Waals surface area contributed by atoms with Crippen LogP contribution in [0.15, 0.2) is 29.3 Å². The van der Waals surface area contributed by atoms with Crippen LogP contribution in [-0.4, -0.2) is 33.6 Å². The van der Waals surface area contributed by atoms with Crippen molar-refractivity contribution < 1.29 is 32.1 Å². The van der Waals surface area contributed by atoms with Crippen molar-refractivity contribution >= 4 is 29.6 Å². The summed E-state index contributed by atoms with van der Waals surface area (Å²) in [5.41, 5.74) is 0.514. The first-order chi connectivity index (χ1) is 8.02. The summed E-state index contributed by atoms with van der Waals surface area (Å²) in [6, 6.07) is 5.81. The topological polar surface area (TPSA) is 130 Å². The number of thiocarbonyl (C=S) groups is 1.